The van der Waals surface area contributed by atoms with Crippen LogP contribution in [0.2, 0.25) is 0 Å². The molecule has 2 nitrogen and oxygen atoms in total. The molecule has 1 saturated carbocycles. The van der Waals surface area contributed by atoms with Gasteiger partial charge in [0.05, 0.1) is 0 Å². The van der Waals surface area contributed by atoms with Gasteiger partial charge in [-0.1, -0.05) is 134 Å². The molecule has 288 valence electrons. The summed E-state index contributed by atoms with van der Waals surface area (Å²) in [6.07, 6.45) is 4.94. The normalized spacial score (nSPS) is 15.8. The zero-order valence-electron chi connectivity index (χ0n) is 34.8. The van der Waals surface area contributed by atoms with E-state index in [4.69, 9.17) is 0 Å². The van der Waals surface area contributed by atoms with Gasteiger partial charge in [0.15, 0.2) is 0 Å². The largest absolute Gasteiger partial charge is 0.308 e. The third-order valence-electron chi connectivity index (χ3n) is 12.0. The molecule has 0 spiro atoms. The van der Waals surface area contributed by atoms with Crippen LogP contribution in [0.4, 0.5) is 0 Å². The summed E-state index contributed by atoms with van der Waals surface area (Å²) in [6.45, 7) is 20.2. The summed E-state index contributed by atoms with van der Waals surface area (Å²) in [5, 5.41) is 17.3. The molecule has 7 rings (SSSR count). The molecule has 6 aromatic rings. The lowest BCUT2D eigenvalue weighted by Gasteiger charge is -2.34. The minimum atomic E-state index is -0.739. The molecule has 56 heavy (non-hydrogen) atoms. The first kappa shape index (κ1) is 40.3. The van der Waals surface area contributed by atoms with Crippen molar-refractivity contribution < 1.29 is 0 Å². The average Bonchev–Trinajstić information content (AvgIpc) is 3.18. The second-order valence-corrected chi connectivity index (χ2v) is 20.2. The molecule has 0 aromatic heterocycles. The number of hydrogen-bond donors (Lipinski definition) is 2. The standard InChI is InChI=1S/C52H60N2P2/c1-35-19-15-20-36(2)49(35)55(50-37(3)21-16-22-38(50)4)47-31-13-9-27-43(47)33-53-45-29-11-12-30-46(45)54-34-44-28-10-14-32-48(44)56(51-39(5)23-17-24-40(51)6)52-41(7)25-18-26-42(52)8/h9-10,13-28,31-32,45-46,53-54H,11-12,29-30,33-34H2,1-8H3/t45-,46-/m1/s1. The molecule has 0 saturated heterocycles. The van der Waals surface area contributed by atoms with Crippen LogP contribution in [0.3, 0.4) is 0 Å². The van der Waals surface area contributed by atoms with Crippen LogP contribution >= 0.6 is 15.8 Å². The highest BCUT2D eigenvalue weighted by atomic mass is 31.1. The zero-order valence-corrected chi connectivity index (χ0v) is 36.6. The van der Waals surface area contributed by atoms with Gasteiger partial charge in [-0.2, -0.15) is 0 Å². The van der Waals surface area contributed by atoms with Crippen LogP contribution in [0.5, 0.6) is 0 Å². The van der Waals surface area contributed by atoms with Crippen LogP contribution in [0.15, 0.2) is 121 Å². The summed E-state index contributed by atoms with van der Waals surface area (Å²) in [5.41, 5.74) is 13.9. The van der Waals surface area contributed by atoms with E-state index >= 15 is 0 Å². The average molecular weight is 775 g/mol. The van der Waals surface area contributed by atoms with E-state index < -0.39 is 15.8 Å². The van der Waals surface area contributed by atoms with Gasteiger partial charge in [0.1, 0.15) is 0 Å². The Morgan fingerprint density at radius 2 is 0.643 bits per heavy atom. The molecular weight excluding hydrogens is 715 g/mol. The summed E-state index contributed by atoms with van der Waals surface area (Å²) in [7, 11) is -1.48. The summed E-state index contributed by atoms with van der Waals surface area (Å²) < 4.78 is 0. The van der Waals surface area contributed by atoms with E-state index in [0.29, 0.717) is 12.1 Å². The van der Waals surface area contributed by atoms with Crippen molar-refractivity contribution in [3.63, 3.8) is 0 Å². The molecule has 2 N–H and O–H groups in total. The molecule has 0 bridgehead atoms. The number of nitrogens with one attached hydrogen (secondary N) is 2. The minimum Gasteiger partial charge on any atom is -0.308 e. The number of rotatable bonds is 12. The van der Waals surface area contributed by atoms with Crippen LogP contribution in [0, 0.1) is 55.4 Å². The molecule has 0 amide bonds. The highest BCUT2D eigenvalue weighted by molar-refractivity contribution is 7.80. The van der Waals surface area contributed by atoms with E-state index in [2.05, 4.69) is 187 Å². The quantitative estimate of drug-likeness (QED) is 0.121. The Kier molecular flexibility index (Phi) is 13.1. The lowest BCUT2D eigenvalue weighted by Crippen LogP contribution is -2.50. The van der Waals surface area contributed by atoms with E-state index in [9.17, 15) is 0 Å². The molecule has 4 heteroatoms. The van der Waals surface area contributed by atoms with Crippen LogP contribution in [-0.2, 0) is 13.1 Å². The molecule has 0 heterocycles. The first-order chi connectivity index (χ1) is 27.1. The van der Waals surface area contributed by atoms with E-state index in [-0.39, 0.29) is 0 Å². The lowest BCUT2D eigenvalue weighted by atomic mass is 9.90. The monoisotopic (exact) mass is 774 g/mol. The molecule has 0 aliphatic heterocycles. The summed E-state index contributed by atoms with van der Waals surface area (Å²) in [4.78, 5) is 0. The maximum absolute atomic E-state index is 4.15. The second kappa shape index (κ2) is 18.1. The van der Waals surface area contributed by atoms with Crippen molar-refractivity contribution in [1.29, 1.82) is 0 Å². The summed E-state index contributed by atoms with van der Waals surface area (Å²) in [6, 6.07) is 46.7. The molecule has 0 radical (unpaired) electrons. The Morgan fingerprint density at radius 1 is 0.375 bits per heavy atom. The van der Waals surface area contributed by atoms with Crippen molar-refractivity contribution in [3.8, 4) is 0 Å². The van der Waals surface area contributed by atoms with Gasteiger partial charge < -0.3 is 10.6 Å². The van der Waals surface area contributed by atoms with Crippen molar-refractivity contribution in [2.45, 2.75) is 106 Å². The van der Waals surface area contributed by atoms with Crippen LogP contribution in [-0.4, -0.2) is 12.1 Å². The number of hydrogen-bond acceptors (Lipinski definition) is 2. The minimum absolute atomic E-state index is 0.411. The van der Waals surface area contributed by atoms with Crippen LogP contribution < -0.4 is 42.5 Å². The van der Waals surface area contributed by atoms with Gasteiger partial charge in [-0.3, -0.25) is 0 Å². The molecule has 0 unspecified atom stereocenters. The van der Waals surface area contributed by atoms with Crippen molar-refractivity contribution in [1.82, 2.24) is 10.6 Å². The van der Waals surface area contributed by atoms with Gasteiger partial charge in [0.25, 0.3) is 0 Å². The predicted molar refractivity (Wildman–Crippen MR) is 248 cm³/mol. The maximum Gasteiger partial charge on any atom is 0.0224 e. The Labute approximate surface area is 340 Å². The van der Waals surface area contributed by atoms with E-state index in [0.717, 1.165) is 13.1 Å². The highest BCUT2D eigenvalue weighted by Gasteiger charge is 2.29. The fourth-order valence-corrected chi connectivity index (χ4v) is 15.4. The van der Waals surface area contributed by atoms with E-state index in [1.807, 2.05) is 0 Å². The molecular formula is C52H60N2P2. The highest BCUT2D eigenvalue weighted by Crippen LogP contribution is 2.40. The van der Waals surface area contributed by atoms with Crippen molar-refractivity contribution in [2.24, 2.45) is 0 Å². The Morgan fingerprint density at radius 3 is 0.929 bits per heavy atom. The number of aryl methyl sites for hydroxylation is 8. The van der Waals surface area contributed by atoms with Gasteiger partial charge >= 0.3 is 0 Å². The zero-order chi connectivity index (χ0) is 39.3. The van der Waals surface area contributed by atoms with Gasteiger partial charge in [-0.05, 0) is 172 Å². The predicted octanol–water partition coefficient (Wildman–Crippen LogP) is 9.86. The second-order valence-electron chi connectivity index (χ2n) is 16.1. The third-order valence-corrected chi connectivity index (χ3v) is 18.4. The smallest absolute Gasteiger partial charge is 0.0224 e. The first-order valence-corrected chi connectivity index (χ1v) is 23.3. The molecule has 2 atom stereocenters. The first-order valence-electron chi connectivity index (χ1n) is 20.6. The van der Waals surface area contributed by atoms with Gasteiger partial charge in [0.2, 0.25) is 0 Å². The van der Waals surface area contributed by atoms with Crippen molar-refractivity contribution in [3.05, 3.63) is 177 Å². The van der Waals surface area contributed by atoms with Gasteiger partial charge in [-0.15, -0.1) is 0 Å². The van der Waals surface area contributed by atoms with Gasteiger partial charge in [-0.25, -0.2) is 0 Å². The maximum atomic E-state index is 4.15. The fourth-order valence-electron chi connectivity index (χ4n) is 9.20. The molecule has 1 aliphatic rings. The summed E-state index contributed by atoms with van der Waals surface area (Å²) in [5.74, 6) is 0. The fraction of sp³-hybridized carbons (Fsp3) is 0.308. The van der Waals surface area contributed by atoms with Gasteiger partial charge in [0, 0.05) is 25.2 Å². The lowest BCUT2D eigenvalue weighted by molar-refractivity contribution is 0.281. The van der Waals surface area contributed by atoms with Crippen LogP contribution in [0.25, 0.3) is 0 Å². The SMILES string of the molecule is Cc1cccc(C)c1P(c1ccccc1CN[C@@H]1CCCC[C@H]1NCc1ccccc1P(c1c(C)cccc1C)c1c(C)cccc1C)c1c(C)cccc1C. The number of benzene rings is 6. The van der Waals surface area contributed by atoms with E-state index in [1.54, 1.807) is 0 Å². The molecule has 1 aliphatic carbocycles. The Balaban J connectivity index is 1.18. The summed E-state index contributed by atoms with van der Waals surface area (Å²) >= 11 is 0. The topological polar surface area (TPSA) is 24.1 Å². The molecule has 6 aromatic carbocycles. The Bertz CT molecular complexity index is 1960. The third kappa shape index (κ3) is 8.51. The van der Waals surface area contributed by atoms with Crippen molar-refractivity contribution in [2.75, 3.05) is 0 Å². The Hall–Kier alpha value is -3.90. The molecule has 1 fully saturated rings. The van der Waals surface area contributed by atoms with E-state index in [1.165, 1.54) is 113 Å². The van der Waals surface area contributed by atoms with Crippen LogP contribution in [0.1, 0.15) is 81.3 Å². The van der Waals surface area contributed by atoms with Crippen molar-refractivity contribution >= 4 is 47.7 Å².